The summed E-state index contributed by atoms with van der Waals surface area (Å²) in [5, 5.41) is 5.78. The fourth-order valence-electron chi connectivity index (χ4n) is 2.61. The number of aromatic nitrogens is 2. The van der Waals surface area contributed by atoms with Crippen molar-refractivity contribution in [3.05, 3.63) is 48.5 Å². The largest absolute Gasteiger partial charge is 0.488 e. The molecule has 1 aromatic heterocycles. The maximum absolute atomic E-state index is 11.9. The topological polar surface area (TPSA) is 68.2 Å². The van der Waals surface area contributed by atoms with Crippen molar-refractivity contribution >= 4 is 6.03 Å². The quantitative estimate of drug-likeness (QED) is 0.881. The Bertz CT molecular complexity index is 602. The van der Waals surface area contributed by atoms with Gasteiger partial charge >= 0.3 is 6.03 Å². The SMILES string of the molecule is C[C@@H](Cn1ccnc1)NC(=O)NC[C@@H]1Cc2ccccc2O1. The molecule has 1 aromatic carbocycles. The highest BCUT2D eigenvalue weighted by atomic mass is 16.5. The first-order chi connectivity index (χ1) is 10.7. The molecule has 6 heteroatoms. The van der Waals surface area contributed by atoms with Crippen molar-refractivity contribution in [1.82, 2.24) is 20.2 Å². The smallest absolute Gasteiger partial charge is 0.315 e. The number of benzene rings is 1. The first kappa shape index (κ1) is 14.4. The number of nitrogens with zero attached hydrogens (tertiary/aromatic N) is 2. The Hall–Kier alpha value is -2.50. The Morgan fingerprint density at radius 1 is 1.50 bits per heavy atom. The van der Waals surface area contributed by atoms with E-state index in [4.69, 9.17) is 4.74 Å². The number of imidazole rings is 1. The Morgan fingerprint density at radius 2 is 2.36 bits per heavy atom. The zero-order valence-electron chi connectivity index (χ0n) is 12.5. The molecule has 0 fully saturated rings. The van der Waals surface area contributed by atoms with E-state index in [9.17, 15) is 4.79 Å². The molecule has 0 unspecified atom stereocenters. The first-order valence-corrected chi connectivity index (χ1v) is 7.45. The van der Waals surface area contributed by atoms with Crippen LogP contribution in [-0.2, 0) is 13.0 Å². The summed E-state index contributed by atoms with van der Waals surface area (Å²) in [6.45, 7) is 3.15. The van der Waals surface area contributed by atoms with Crippen LogP contribution in [0.1, 0.15) is 12.5 Å². The van der Waals surface area contributed by atoms with Gasteiger partial charge in [-0.2, -0.15) is 0 Å². The molecule has 0 radical (unpaired) electrons. The van der Waals surface area contributed by atoms with Gasteiger partial charge in [-0.1, -0.05) is 18.2 Å². The molecule has 2 aromatic rings. The normalized spacial score (nSPS) is 17.4. The van der Waals surface area contributed by atoms with Gasteiger partial charge in [0.25, 0.3) is 0 Å². The molecule has 2 amide bonds. The van der Waals surface area contributed by atoms with E-state index in [-0.39, 0.29) is 18.2 Å². The van der Waals surface area contributed by atoms with Gasteiger partial charge in [0, 0.05) is 31.4 Å². The van der Waals surface area contributed by atoms with Crippen molar-refractivity contribution in [1.29, 1.82) is 0 Å². The van der Waals surface area contributed by atoms with Gasteiger partial charge in [0.15, 0.2) is 0 Å². The summed E-state index contributed by atoms with van der Waals surface area (Å²) in [7, 11) is 0. The molecule has 0 saturated carbocycles. The van der Waals surface area contributed by atoms with Crippen LogP contribution in [0.15, 0.2) is 43.0 Å². The van der Waals surface area contributed by atoms with Crippen molar-refractivity contribution < 1.29 is 9.53 Å². The zero-order chi connectivity index (χ0) is 15.4. The van der Waals surface area contributed by atoms with E-state index in [1.165, 1.54) is 5.56 Å². The molecule has 116 valence electrons. The number of amides is 2. The van der Waals surface area contributed by atoms with Crippen molar-refractivity contribution in [3.63, 3.8) is 0 Å². The average molecular weight is 300 g/mol. The third kappa shape index (κ3) is 3.58. The van der Waals surface area contributed by atoms with Gasteiger partial charge in [-0.25, -0.2) is 9.78 Å². The number of ether oxygens (including phenoxy) is 1. The molecule has 2 N–H and O–H groups in total. The van der Waals surface area contributed by atoms with Crippen molar-refractivity contribution in [3.8, 4) is 5.75 Å². The summed E-state index contributed by atoms with van der Waals surface area (Å²) >= 11 is 0. The fraction of sp³-hybridized carbons (Fsp3) is 0.375. The first-order valence-electron chi connectivity index (χ1n) is 7.45. The van der Waals surface area contributed by atoms with Gasteiger partial charge in [0.05, 0.1) is 12.9 Å². The molecule has 0 bridgehead atoms. The molecule has 22 heavy (non-hydrogen) atoms. The molecule has 6 nitrogen and oxygen atoms in total. The van der Waals surface area contributed by atoms with Gasteiger partial charge < -0.3 is 19.9 Å². The molecular weight excluding hydrogens is 280 g/mol. The van der Waals surface area contributed by atoms with Crippen LogP contribution in [0, 0.1) is 0 Å². The summed E-state index contributed by atoms with van der Waals surface area (Å²) in [5.41, 5.74) is 1.20. The number of para-hydroxylation sites is 1. The van der Waals surface area contributed by atoms with Crippen LogP contribution >= 0.6 is 0 Å². The second-order valence-corrected chi connectivity index (χ2v) is 5.57. The standard InChI is InChI=1S/C16H20N4O2/c1-12(10-20-7-6-17-11-20)19-16(21)18-9-14-8-13-4-2-3-5-15(13)22-14/h2-7,11-12,14H,8-10H2,1H3,(H2,18,19,21)/t12-,14-/m0/s1. The number of hydrogen-bond acceptors (Lipinski definition) is 3. The number of urea groups is 1. The van der Waals surface area contributed by atoms with Gasteiger partial charge in [-0.05, 0) is 18.6 Å². The third-order valence-electron chi connectivity index (χ3n) is 3.63. The van der Waals surface area contributed by atoms with E-state index in [2.05, 4.69) is 21.7 Å². The average Bonchev–Trinajstić information content (AvgIpc) is 3.13. The lowest BCUT2D eigenvalue weighted by Crippen LogP contribution is -2.45. The number of carbonyl (C=O) groups is 1. The Kier molecular flexibility index (Phi) is 4.27. The van der Waals surface area contributed by atoms with E-state index in [0.717, 1.165) is 12.2 Å². The van der Waals surface area contributed by atoms with Crippen molar-refractivity contribution in [2.75, 3.05) is 6.54 Å². The molecule has 1 aliphatic rings. The van der Waals surface area contributed by atoms with Crippen LogP contribution in [0.3, 0.4) is 0 Å². The Labute approximate surface area is 129 Å². The lowest BCUT2D eigenvalue weighted by molar-refractivity contribution is 0.211. The molecule has 2 heterocycles. The molecule has 2 atom stereocenters. The zero-order valence-corrected chi connectivity index (χ0v) is 12.5. The number of fused-ring (bicyclic) bond motifs is 1. The van der Waals surface area contributed by atoms with Crippen LogP contribution in [0.2, 0.25) is 0 Å². The van der Waals surface area contributed by atoms with E-state index < -0.39 is 0 Å². The Balaban J connectivity index is 1.40. The van der Waals surface area contributed by atoms with Crippen LogP contribution in [0.4, 0.5) is 4.79 Å². The predicted octanol–water partition coefficient (Wildman–Crippen LogP) is 1.57. The van der Waals surface area contributed by atoms with E-state index in [1.807, 2.05) is 35.9 Å². The van der Waals surface area contributed by atoms with Gasteiger partial charge in [0.1, 0.15) is 11.9 Å². The lowest BCUT2D eigenvalue weighted by Gasteiger charge is -2.17. The number of carbonyl (C=O) groups excluding carboxylic acids is 1. The number of rotatable bonds is 5. The van der Waals surface area contributed by atoms with Crippen LogP contribution in [0.25, 0.3) is 0 Å². The van der Waals surface area contributed by atoms with E-state index in [1.54, 1.807) is 12.5 Å². The number of nitrogens with one attached hydrogen (secondary N) is 2. The van der Waals surface area contributed by atoms with Crippen LogP contribution in [0.5, 0.6) is 5.75 Å². The monoisotopic (exact) mass is 300 g/mol. The Morgan fingerprint density at radius 3 is 3.14 bits per heavy atom. The lowest BCUT2D eigenvalue weighted by atomic mass is 10.1. The van der Waals surface area contributed by atoms with Gasteiger partial charge in [-0.15, -0.1) is 0 Å². The second-order valence-electron chi connectivity index (χ2n) is 5.57. The summed E-state index contributed by atoms with van der Waals surface area (Å²) in [5.74, 6) is 0.920. The molecule has 0 spiro atoms. The fourth-order valence-corrected chi connectivity index (χ4v) is 2.61. The highest BCUT2D eigenvalue weighted by molar-refractivity contribution is 5.74. The summed E-state index contributed by atoms with van der Waals surface area (Å²) in [6, 6.07) is 7.83. The minimum absolute atomic E-state index is 0.00658. The third-order valence-corrected chi connectivity index (χ3v) is 3.63. The van der Waals surface area contributed by atoms with Crippen molar-refractivity contribution in [2.45, 2.75) is 32.0 Å². The summed E-state index contributed by atoms with van der Waals surface area (Å²) < 4.78 is 7.72. The summed E-state index contributed by atoms with van der Waals surface area (Å²) in [6.07, 6.45) is 6.18. The molecule has 1 aliphatic heterocycles. The maximum Gasteiger partial charge on any atom is 0.315 e. The maximum atomic E-state index is 11.9. The molecule has 0 saturated heterocycles. The summed E-state index contributed by atoms with van der Waals surface area (Å²) in [4.78, 5) is 15.9. The predicted molar refractivity (Wildman–Crippen MR) is 82.8 cm³/mol. The van der Waals surface area contributed by atoms with Crippen LogP contribution < -0.4 is 15.4 Å². The van der Waals surface area contributed by atoms with Gasteiger partial charge in [0.2, 0.25) is 0 Å². The van der Waals surface area contributed by atoms with Crippen LogP contribution in [-0.4, -0.2) is 34.3 Å². The highest BCUT2D eigenvalue weighted by Crippen LogP contribution is 2.27. The molecule has 0 aliphatic carbocycles. The van der Waals surface area contributed by atoms with E-state index in [0.29, 0.717) is 13.1 Å². The minimum Gasteiger partial charge on any atom is -0.488 e. The van der Waals surface area contributed by atoms with Crippen molar-refractivity contribution in [2.24, 2.45) is 0 Å². The highest BCUT2D eigenvalue weighted by Gasteiger charge is 2.22. The molecular formula is C16H20N4O2. The number of hydrogen-bond donors (Lipinski definition) is 2. The van der Waals surface area contributed by atoms with E-state index >= 15 is 0 Å². The van der Waals surface area contributed by atoms with Gasteiger partial charge in [-0.3, -0.25) is 0 Å². The molecule has 3 rings (SSSR count). The second kappa shape index (κ2) is 6.51. The minimum atomic E-state index is -0.174.